The standard InChI is InChI=1S/C35H26BrFN2O5/c36-25-16-19-30(38-34(42)24-14-17-26(37)18-15-24)29(20-25)35(43)39-31(21-33(40)41)23-12-10-22(11-13-23)28-8-4-5-9-32(28)44-27-6-2-1-3-7-27/h1-20,31H,21H2,(H,38,42)(H,39,43)(H,40,41). The number of carboxylic acids is 1. The van der Waals surface area contributed by atoms with Crippen molar-refractivity contribution < 1.29 is 28.6 Å². The first-order chi connectivity index (χ1) is 21.3. The molecule has 0 radical (unpaired) electrons. The van der Waals surface area contributed by atoms with Crippen molar-refractivity contribution in [1.82, 2.24) is 5.32 Å². The summed E-state index contributed by atoms with van der Waals surface area (Å²) >= 11 is 3.35. The Kier molecular flexibility index (Phi) is 9.46. The minimum atomic E-state index is -1.10. The summed E-state index contributed by atoms with van der Waals surface area (Å²) in [6.07, 6.45) is -0.371. The van der Waals surface area contributed by atoms with Gasteiger partial charge in [-0.2, -0.15) is 0 Å². The van der Waals surface area contributed by atoms with Crippen molar-refractivity contribution in [1.29, 1.82) is 0 Å². The highest BCUT2D eigenvalue weighted by atomic mass is 79.9. The van der Waals surface area contributed by atoms with E-state index in [1.807, 2.05) is 66.7 Å². The predicted molar refractivity (Wildman–Crippen MR) is 169 cm³/mol. The number of hydrogen-bond donors (Lipinski definition) is 3. The molecular weight excluding hydrogens is 627 g/mol. The highest BCUT2D eigenvalue weighted by Gasteiger charge is 2.22. The minimum absolute atomic E-state index is 0.119. The van der Waals surface area contributed by atoms with Crippen molar-refractivity contribution in [3.05, 3.63) is 148 Å². The SMILES string of the molecule is O=C(O)CC(NC(=O)c1cc(Br)ccc1NC(=O)c1ccc(F)cc1)c1ccc(-c2ccccc2Oc2ccccc2)cc1. The molecule has 0 fully saturated rings. The van der Waals surface area contributed by atoms with E-state index >= 15 is 0 Å². The Labute approximate surface area is 261 Å². The van der Waals surface area contributed by atoms with Crippen LogP contribution in [0.4, 0.5) is 10.1 Å². The molecule has 0 saturated carbocycles. The summed E-state index contributed by atoms with van der Waals surface area (Å²) in [7, 11) is 0. The van der Waals surface area contributed by atoms with Crippen LogP contribution in [0.15, 0.2) is 126 Å². The summed E-state index contributed by atoms with van der Waals surface area (Å²) in [4.78, 5) is 38.1. The van der Waals surface area contributed by atoms with Gasteiger partial charge >= 0.3 is 5.97 Å². The van der Waals surface area contributed by atoms with Gasteiger partial charge in [0.2, 0.25) is 0 Å². The lowest BCUT2D eigenvalue weighted by molar-refractivity contribution is -0.137. The van der Waals surface area contributed by atoms with E-state index in [0.29, 0.717) is 21.5 Å². The van der Waals surface area contributed by atoms with Gasteiger partial charge in [0.05, 0.1) is 23.7 Å². The van der Waals surface area contributed by atoms with Crippen LogP contribution in [0, 0.1) is 5.82 Å². The summed E-state index contributed by atoms with van der Waals surface area (Å²) in [5.41, 5.74) is 2.81. The van der Waals surface area contributed by atoms with Gasteiger partial charge < -0.3 is 20.5 Å². The van der Waals surface area contributed by atoms with Crippen molar-refractivity contribution in [3.63, 3.8) is 0 Å². The fraction of sp³-hybridized carbons (Fsp3) is 0.0571. The molecule has 0 spiro atoms. The third kappa shape index (κ3) is 7.56. The molecule has 7 nitrogen and oxygen atoms in total. The maximum absolute atomic E-state index is 13.5. The van der Waals surface area contributed by atoms with Crippen LogP contribution in [-0.2, 0) is 4.79 Å². The molecule has 1 unspecified atom stereocenters. The molecule has 0 aromatic heterocycles. The number of carbonyl (C=O) groups excluding carboxylic acids is 2. The second-order valence-electron chi connectivity index (χ2n) is 9.81. The van der Waals surface area contributed by atoms with Crippen molar-refractivity contribution in [2.45, 2.75) is 12.5 Å². The number of para-hydroxylation sites is 2. The van der Waals surface area contributed by atoms with Crippen LogP contribution in [0.5, 0.6) is 11.5 Å². The van der Waals surface area contributed by atoms with E-state index in [0.717, 1.165) is 11.1 Å². The van der Waals surface area contributed by atoms with Gasteiger partial charge in [0, 0.05) is 15.6 Å². The number of ether oxygens (including phenoxy) is 1. The van der Waals surface area contributed by atoms with E-state index in [1.165, 1.54) is 30.3 Å². The summed E-state index contributed by atoms with van der Waals surface area (Å²) in [5.74, 6) is -1.34. The zero-order chi connectivity index (χ0) is 31.1. The smallest absolute Gasteiger partial charge is 0.305 e. The number of carboxylic acid groups (broad SMARTS) is 1. The van der Waals surface area contributed by atoms with Gasteiger partial charge in [0.15, 0.2) is 0 Å². The van der Waals surface area contributed by atoms with Gasteiger partial charge in [-0.15, -0.1) is 0 Å². The molecule has 2 amide bonds. The second kappa shape index (κ2) is 13.8. The van der Waals surface area contributed by atoms with Crippen molar-refractivity contribution in [2.75, 3.05) is 5.32 Å². The molecule has 5 aromatic rings. The first-order valence-electron chi connectivity index (χ1n) is 13.6. The second-order valence-corrected chi connectivity index (χ2v) is 10.7. The van der Waals surface area contributed by atoms with E-state index in [1.54, 1.807) is 24.3 Å². The monoisotopic (exact) mass is 652 g/mol. The predicted octanol–water partition coefficient (Wildman–Crippen LogP) is 8.25. The first-order valence-corrected chi connectivity index (χ1v) is 14.4. The third-order valence-electron chi connectivity index (χ3n) is 6.75. The van der Waals surface area contributed by atoms with Crippen molar-refractivity contribution >= 4 is 39.4 Å². The summed E-state index contributed by atoms with van der Waals surface area (Å²) in [5, 5.41) is 15.1. The highest BCUT2D eigenvalue weighted by Crippen LogP contribution is 2.34. The van der Waals surface area contributed by atoms with Crippen molar-refractivity contribution in [3.8, 4) is 22.6 Å². The van der Waals surface area contributed by atoms with Crippen LogP contribution in [-0.4, -0.2) is 22.9 Å². The number of aliphatic carboxylic acids is 1. The Morgan fingerprint density at radius 1 is 0.795 bits per heavy atom. The fourth-order valence-corrected chi connectivity index (χ4v) is 4.94. The van der Waals surface area contributed by atoms with E-state index in [4.69, 9.17) is 4.74 Å². The highest BCUT2D eigenvalue weighted by molar-refractivity contribution is 9.10. The van der Waals surface area contributed by atoms with Gasteiger partial charge in [0.25, 0.3) is 11.8 Å². The summed E-state index contributed by atoms with van der Waals surface area (Å²) in [6.45, 7) is 0. The average Bonchev–Trinajstić information content (AvgIpc) is 3.02. The van der Waals surface area contributed by atoms with Gasteiger partial charge in [0.1, 0.15) is 17.3 Å². The van der Waals surface area contributed by atoms with Crippen LogP contribution < -0.4 is 15.4 Å². The van der Waals surface area contributed by atoms with E-state index < -0.39 is 29.6 Å². The largest absolute Gasteiger partial charge is 0.481 e. The Hall–Kier alpha value is -5.28. The van der Waals surface area contributed by atoms with Crippen LogP contribution in [0.2, 0.25) is 0 Å². The van der Waals surface area contributed by atoms with E-state index in [9.17, 15) is 23.9 Å². The normalized spacial score (nSPS) is 11.3. The molecule has 3 N–H and O–H groups in total. The number of rotatable bonds is 10. The molecule has 44 heavy (non-hydrogen) atoms. The van der Waals surface area contributed by atoms with E-state index in [-0.39, 0.29) is 23.2 Å². The minimum Gasteiger partial charge on any atom is -0.481 e. The molecule has 1 atom stereocenters. The molecule has 0 aliphatic heterocycles. The number of carbonyl (C=O) groups is 3. The number of halogens is 2. The topological polar surface area (TPSA) is 105 Å². The molecule has 0 bridgehead atoms. The zero-order valence-corrected chi connectivity index (χ0v) is 24.8. The number of anilines is 1. The lowest BCUT2D eigenvalue weighted by Gasteiger charge is -2.20. The molecule has 5 aromatic carbocycles. The Morgan fingerprint density at radius 3 is 2.18 bits per heavy atom. The number of amides is 2. The summed E-state index contributed by atoms with van der Waals surface area (Å²) < 4.78 is 20.0. The summed E-state index contributed by atoms with van der Waals surface area (Å²) in [6, 6.07) is 33.1. The molecule has 0 saturated heterocycles. The van der Waals surface area contributed by atoms with Crippen molar-refractivity contribution in [2.24, 2.45) is 0 Å². The van der Waals surface area contributed by atoms with Crippen LogP contribution >= 0.6 is 15.9 Å². The Morgan fingerprint density at radius 2 is 1.48 bits per heavy atom. The number of benzene rings is 5. The van der Waals surface area contributed by atoms with Gasteiger partial charge in [-0.05, 0) is 71.8 Å². The Bertz CT molecular complexity index is 1800. The number of hydrogen-bond acceptors (Lipinski definition) is 4. The molecule has 0 aliphatic rings. The molecule has 5 rings (SSSR count). The molecule has 220 valence electrons. The molecular formula is C35H26BrFN2O5. The lowest BCUT2D eigenvalue weighted by atomic mass is 9.98. The van der Waals surface area contributed by atoms with Gasteiger partial charge in [-0.25, -0.2) is 4.39 Å². The van der Waals surface area contributed by atoms with Gasteiger partial charge in [-0.1, -0.05) is 76.6 Å². The maximum Gasteiger partial charge on any atom is 0.305 e. The lowest BCUT2D eigenvalue weighted by Crippen LogP contribution is -2.31. The average molecular weight is 654 g/mol. The van der Waals surface area contributed by atoms with Crippen LogP contribution in [0.1, 0.15) is 38.7 Å². The molecule has 0 heterocycles. The molecule has 9 heteroatoms. The third-order valence-corrected chi connectivity index (χ3v) is 7.24. The number of nitrogens with one attached hydrogen (secondary N) is 2. The van der Waals surface area contributed by atoms with Crippen LogP contribution in [0.25, 0.3) is 11.1 Å². The maximum atomic E-state index is 13.5. The molecule has 0 aliphatic carbocycles. The van der Waals surface area contributed by atoms with Gasteiger partial charge in [-0.3, -0.25) is 14.4 Å². The Balaban J connectivity index is 1.37. The zero-order valence-electron chi connectivity index (χ0n) is 23.2. The fourth-order valence-electron chi connectivity index (χ4n) is 4.58. The first kappa shape index (κ1) is 30.2. The quantitative estimate of drug-likeness (QED) is 0.141. The van der Waals surface area contributed by atoms with E-state index in [2.05, 4.69) is 26.6 Å². The van der Waals surface area contributed by atoms with Crippen LogP contribution in [0.3, 0.4) is 0 Å².